The molecule has 2 unspecified atom stereocenters. The molecule has 1 saturated carbocycles. The standard InChI is InChI=1S/C17H25N3O/c1-21-15-7-4-6-14(12-15)18-10-5-11-20-13-19-16-8-2-3-9-17(16)20/h2-3,8-9,13-15,18H,4-7,10-12H2,1H3. The van der Waals surface area contributed by atoms with Crippen LogP contribution in [0.4, 0.5) is 0 Å². The van der Waals surface area contributed by atoms with E-state index in [2.05, 4.69) is 33.1 Å². The van der Waals surface area contributed by atoms with E-state index in [4.69, 9.17) is 4.74 Å². The van der Waals surface area contributed by atoms with Gasteiger partial charge in [-0.15, -0.1) is 0 Å². The van der Waals surface area contributed by atoms with Crippen LogP contribution >= 0.6 is 0 Å². The van der Waals surface area contributed by atoms with Crippen LogP contribution in [0, 0.1) is 0 Å². The molecule has 4 heteroatoms. The molecular formula is C17H25N3O. The van der Waals surface area contributed by atoms with Gasteiger partial charge in [-0.1, -0.05) is 12.1 Å². The molecule has 0 bridgehead atoms. The smallest absolute Gasteiger partial charge is 0.0958 e. The Labute approximate surface area is 126 Å². The van der Waals surface area contributed by atoms with Gasteiger partial charge in [0.1, 0.15) is 0 Å². The minimum Gasteiger partial charge on any atom is -0.381 e. The number of benzene rings is 1. The minimum atomic E-state index is 0.453. The second-order valence-corrected chi connectivity index (χ2v) is 5.96. The lowest BCUT2D eigenvalue weighted by Gasteiger charge is -2.29. The number of ether oxygens (including phenoxy) is 1. The number of nitrogens with zero attached hydrogens (tertiary/aromatic N) is 2. The van der Waals surface area contributed by atoms with Gasteiger partial charge in [-0.25, -0.2) is 4.98 Å². The average molecular weight is 287 g/mol. The second-order valence-electron chi connectivity index (χ2n) is 5.96. The number of imidazole rings is 1. The van der Waals surface area contributed by atoms with Crippen molar-refractivity contribution in [3.8, 4) is 0 Å². The third-order valence-electron chi connectivity index (χ3n) is 4.50. The first kappa shape index (κ1) is 14.5. The minimum absolute atomic E-state index is 0.453. The molecule has 1 fully saturated rings. The van der Waals surface area contributed by atoms with Gasteiger partial charge in [0.05, 0.1) is 23.5 Å². The molecule has 0 saturated heterocycles. The number of hydrogen-bond donors (Lipinski definition) is 1. The van der Waals surface area contributed by atoms with E-state index < -0.39 is 0 Å². The molecule has 0 radical (unpaired) electrons. The predicted molar refractivity (Wildman–Crippen MR) is 85.4 cm³/mol. The summed E-state index contributed by atoms with van der Waals surface area (Å²) in [6.45, 7) is 2.08. The molecule has 1 N–H and O–H groups in total. The van der Waals surface area contributed by atoms with Crippen LogP contribution in [-0.2, 0) is 11.3 Å². The maximum Gasteiger partial charge on any atom is 0.0958 e. The summed E-state index contributed by atoms with van der Waals surface area (Å²) in [4.78, 5) is 4.43. The Morgan fingerprint density at radius 1 is 1.33 bits per heavy atom. The first-order valence-electron chi connectivity index (χ1n) is 8.03. The summed E-state index contributed by atoms with van der Waals surface area (Å²) in [5.74, 6) is 0. The summed E-state index contributed by atoms with van der Waals surface area (Å²) in [5.41, 5.74) is 2.32. The molecule has 3 rings (SSSR count). The third-order valence-corrected chi connectivity index (χ3v) is 4.50. The van der Waals surface area contributed by atoms with E-state index in [-0.39, 0.29) is 0 Å². The fourth-order valence-corrected chi connectivity index (χ4v) is 3.29. The number of methoxy groups -OCH3 is 1. The lowest BCUT2D eigenvalue weighted by molar-refractivity contribution is 0.0589. The number of aryl methyl sites for hydroxylation is 1. The molecule has 0 amide bonds. The van der Waals surface area contributed by atoms with E-state index >= 15 is 0 Å². The molecule has 0 aliphatic heterocycles. The Morgan fingerprint density at radius 2 is 2.24 bits per heavy atom. The molecule has 2 aromatic rings. The largest absolute Gasteiger partial charge is 0.381 e. The van der Waals surface area contributed by atoms with Gasteiger partial charge in [0.2, 0.25) is 0 Å². The molecule has 1 aromatic heterocycles. The fraction of sp³-hybridized carbons (Fsp3) is 0.588. The zero-order valence-corrected chi connectivity index (χ0v) is 12.8. The van der Waals surface area contributed by atoms with Gasteiger partial charge in [-0.05, 0) is 50.8 Å². The monoisotopic (exact) mass is 287 g/mol. The van der Waals surface area contributed by atoms with E-state index in [1.807, 2.05) is 19.5 Å². The summed E-state index contributed by atoms with van der Waals surface area (Å²) in [7, 11) is 1.83. The van der Waals surface area contributed by atoms with Crippen LogP contribution in [0.25, 0.3) is 11.0 Å². The Balaban J connectivity index is 1.44. The lowest BCUT2D eigenvalue weighted by Crippen LogP contribution is -2.37. The summed E-state index contributed by atoms with van der Waals surface area (Å²) in [5, 5.41) is 3.68. The van der Waals surface area contributed by atoms with Crippen molar-refractivity contribution in [3.63, 3.8) is 0 Å². The van der Waals surface area contributed by atoms with Gasteiger partial charge in [0, 0.05) is 19.7 Å². The van der Waals surface area contributed by atoms with Crippen LogP contribution in [0.3, 0.4) is 0 Å². The number of para-hydroxylation sites is 2. The molecule has 2 atom stereocenters. The zero-order chi connectivity index (χ0) is 14.5. The Hall–Kier alpha value is -1.39. The highest BCUT2D eigenvalue weighted by Gasteiger charge is 2.20. The van der Waals surface area contributed by atoms with E-state index in [0.717, 1.165) is 31.4 Å². The highest BCUT2D eigenvalue weighted by Crippen LogP contribution is 2.20. The quantitative estimate of drug-likeness (QED) is 0.830. The fourth-order valence-electron chi connectivity index (χ4n) is 3.29. The highest BCUT2D eigenvalue weighted by atomic mass is 16.5. The van der Waals surface area contributed by atoms with Crippen LogP contribution in [0.1, 0.15) is 32.1 Å². The molecule has 21 heavy (non-hydrogen) atoms. The normalized spacial score (nSPS) is 22.7. The number of nitrogens with one attached hydrogen (secondary N) is 1. The van der Waals surface area contributed by atoms with E-state index in [1.165, 1.54) is 24.8 Å². The molecule has 1 aromatic carbocycles. The first-order chi connectivity index (χ1) is 10.4. The van der Waals surface area contributed by atoms with Gasteiger partial charge in [0.25, 0.3) is 0 Å². The van der Waals surface area contributed by atoms with E-state index in [9.17, 15) is 0 Å². The van der Waals surface area contributed by atoms with E-state index in [1.54, 1.807) is 0 Å². The highest BCUT2D eigenvalue weighted by molar-refractivity contribution is 5.74. The van der Waals surface area contributed by atoms with Crippen LogP contribution in [-0.4, -0.2) is 35.4 Å². The second kappa shape index (κ2) is 7.05. The van der Waals surface area contributed by atoms with Gasteiger partial charge >= 0.3 is 0 Å². The number of fused-ring (bicyclic) bond motifs is 1. The first-order valence-corrected chi connectivity index (χ1v) is 8.03. The Bertz CT molecular complexity index is 566. The number of hydrogen-bond acceptors (Lipinski definition) is 3. The van der Waals surface area contributed by atoms with Gasteiger partial charge in [-0.2, -0.15) is 0 Å². The lowest BCUT2D eigenvalue weighted by atomic mass is 9.93. The van der Waals surface area contributed by atoms with Crippen LogP contribution < -0.4 is 5.32 Å². The van der Waals surface area contributed by atoms with Crippen LogP contribution in [0.15, 0.2) is 30.6 Å². The molecule has 4 nitrogen and oxygen atoms in total. The van der Waals surface area contributed by atoms with Crippen LogP contribution in [0.2, 0.25) is 0 Å². The molecule has 1 heterocycles. The summed E-state index contributed by atoms with van der Waals surface area (Å²) in [6, 6.07) is 8.95. The van der Waals surface area contributed by atoms with Gasteiger partial charge < -0.3 is 14.6 Å². The number of rotatable bonds is 6. The van der Waals surface area contributed by atoms with Crippen molar-refractivity contribution < 1.29 is 4.74 Å². The summed E-state index contributed by atoms with van der Waals surface area (Å²) < 4.78 is 7.73. The predicted octanol–water partition coefficient (Wildman–Crippen LogP) is 2.97. The Kier molecular flexibility index (Phi) is 4.88. The average Bonchev–Trinajstić information content (AvgIpc) is 2.95. The van der Waals surface area contributed by atoms with Crippen molar-refractivity contribution in [3.05, 3.63) is 30.6 Å². The van der Waals surface area contributed by atoms with Crippen molar-refractivity contribution in [2.45, 2.75) is 50.8 Å². The summed E-state index contributed by atoms with van der Waals surface area (Å²) >= 11 is 0. The topological polar surface area (TPSA) is 39.1 Å². The molecule has 114 valence electrons. The molecule has 1 aliphatic carbocycles. The van der Waals surface area contributed by atoms with Crippen molar-refractivity contribution in [1.29, 1.82) is 0 Å². The maximum absolute atomic E-state index is 5.48. The van der Waals surface area contributed by atoms with E-state index in [0.29, 0.717) is 12.1 Å². The summed E-state index contributed by atoms with van der Waals surface area (Å²) in [6.07, 6.45) is 8.48. The molecule has 0 spiro atoms. The van der Waals surface area contributed by atoms with Crippen LogP contribution in [0.5, 0.6) is 0 Å². The molecular weight excluding hydrogens is 262 g/mol. The van der Waals surface area contributed by atoms with Gasteiger partial charge in [-0.3, -0.25) is 0 Å². The SMILES string of the molecule is COC1CCCC(NCCCn2cnc3ccccc32)C1. The van der Waals surface area contributed by atoms with Gasteiger partial charge in [0.15, 0.2) is 0 Å². The van der Waals surface area contributed by atoms with Crippen molar-refractivity contribution in [2.24, 2.45) is 0 Å². The van der Waals surface area contributed by atoms with Crippen molar-refractivity contribution in [1.82, 2.24) is 14.9 Å². The van der Waals surface area contributed by atoms with Crippen molar-refractivity contribution >= 4 is 11.0 Å². The molecule has 1 aliphatic rings. The van der Waals surface area contributed by atoms with Crippen molar-refractivity contribution in [2.75, 3.05) is 13.7 Å². The number of aromatic nitrogens is 2. The maximum atomic E-state index is 5.48. The zero-order valence-electron chi connectivity index (χ0n) is 12.8. The third kappa shape index (κ3) is 3.63. The Morgan fingerprint density at radius 3 is 3.14 bits per heavy atom.